The molecule has 0 spiro atoms. The van der Waals surface area contributed by atoms with E-state index in [2.05, 4.69) is 4.90 Å². The highest BCUT2D eigenvalue weighted by Gasteiger charge is 2.56. The number of ether oxygens (including phenoxy) is 2. The van der Waals surface area contributed by atoms with E-state index in [1.807, 2.05) is 0 Å². The van der Waals surface area contributed by atoms with Crippen molar-refractivity contribution in [3.63, 3.8) is 0 Å². The van der Waals surface area contributed by atoms with Gasteiger partial charge >= 0.3 is 11.9 Å². The zero-order valence-corrected chi connectivity index (χ0v) is 14.9. The molecule has 0 aromatic heterocycles. The second-order valence-electron chi connectivity index (χ2n) is 7.47. The predicted molar refractivity (Wildman–Crippen MR) is 86.1 cm³/mol. The molecule has 24 heavy (non-hydrogen) atoms. The quantitative estimate of drug-likeness (QED) is 0.677. The number of fused-ring (bicyclic) bond motifs is 1. The monoisotopic (exact) mass is 343 g/mol. The van der Waals surface area contributed by atoms with E-state index in [0.717, 1.165) is 32.4 Å². The van der Waals surface area contributed by atoms with Crippen LogP contribution in [0.1, 0.15) is 47.0 Å². The molecule has 0 bridgehead atoms. The largest absolute Gasteiger partial charge is 0.463 e. The van der Waals surface area contributed by atoms with Gasteiger partial charge in [0.2, 0.25) is 5.60 Å². The molecular formula is C17H29NO6. The lowest BCUT2D eigenvalue weighted by molar-refractivity contribution is -0.220. The highest BCUT2D eigenvalue weighted by Crippen LogP contribution is 2.34. The molecule has 0 unspecified atom stereocenters. The van der Waals surface area contributed by atoms with Crippen molar-refractivity contribution in [2.24, 2.45) is 5.92 Å². The lowest BCUT2D eigenvalue weighted by Crippen LogP contribution is -2.64. The fourth-order valence-corrected chi connectivity index (χ4v) is 3.92. The molecule has 2 aliphatic rings. The minimum Gasteiger partial charge on any atom is -0.463 e. The Bertz CT molecular complexity index is 488. The van der Waals surface area contributed by atoms with E-state index in [1.165, 1.54) is 27.7 Å². The summed E-state index contributed by atoms with van der Waals surface area (Å²) in [6, 6.07) is 0.430. The molecule has 138 valence electrons. The van der Waals surface area contributed by atoms with Crippen molar-refractivity contribution in [3.05, 3.63) is 0 Å². The molecule has 0 aromatic carbocycles. The van der Waals surface area contributed by atoms with E-state index in [4.69, 9.17) is 9.47 Å². The number of hydrogen-bond acceptors (Lipinski definition) is 7. The standard InChI is InChI=1S/C17H29NO6/c1-11(24-12(2)19)17(22,16(3,4)21)15(20)23-10-13-7-9-18-8-5-6-14(13)18/h11,13-14,21-22H,5-10H2,1-4H3/t11-,13-,14-,17-/m0/s1. The average Bonchev–Trinajstić information content (AvgIpc) is 3.05. The summed E-state index contributed by atoms with van der Waals surface area (Å²) in [5, 5.41) is 21.1. The Morgan fingerprint density at radius 2 is 1.92 bits per heavy atom. The van der Waals surface area contributed by atoms with Crippen LogP contribution in [-0.2, 0) is 19.1 Å². The highest BCUT2D eigenvalue weighted by atomic mass is 16.6. The number of rotatable bonds is 6. The van der Waals surface area contributed by atoms with Gasteiger partial charge in [0.25, 0.3) is 0 Å². The number of hydrogen-bond donors (Lipinski definition) is 2. The summed E-state index contributed by atoms with van der Waals surface area (Å²) in [5.41, 5.74) is -4.15. The van der Waals surface area contributed by atoms with Gasteiger partial charge in [0.05, 0.1) is 6.61 Å². The van der Waals surface area contributed by atoms with Crippen LogP contribution in [0.5, 0.6) is 0 Å². The van der Waals surface area contributed by atoms with Gasteiger partial charge in [-0.25, -0.2) is 4.79 Å². The van der Waals surface area contributed by atoms with Crippen LogP contribution >= 0.6 is 0 Å². The Morgan fingerprint density at radius 3 is 2.50 bits per heavy atom. The predicted octanol–water partition coefficient (Wildman–Crippen LogP) is 0.468. The first-order chi connectivity index (χ1) is 11.1. The Morgan fingerprint density at radius 1 is 1.25 bits per heavy atom. The van der Waals surface area contributed by atoms with Crippen LogP contribution in [0.4, 0.5) is 0 Å². The topological polar surface area (TPSA) is 96.3 Å². The van der Waals surface area contributed by atoms with Crippen LogP contribution < -0.4 is 0 Å². The maximum Gasteiger partial charge on any atom is 0.345 e. The first kappa shape index (κ1) is 19.1. The molecule has 2 N–H and O–H groups in total. The van der Waals surface area contributed by atoms with E-state index in [-0.39, 0.29) is 12.5 Å². The fourth-order valence-electron chi connectivity index (χ4n) is 3.92. The second-order valence-corrected chi connectivity index (χ2v) is 7.47. The Kier molecular flexibility index (Phi) is 5.57. The Hall–Kier alpha value is -1.18. The molecule has 0 radical (unpaired) electrons. The molecule has 2 aliphatic heterocycles. The summed E-state index contributed by atoms with van der Waals surface area (Å²) in [6.07, 6.45) is 1.99. The third kappa shape index (κ3) is 3.58. The van der Waals surface area contributed by atoms with Crippen molar-refractivity contribution < 1.29 is 29.3 Å². The number of carbonyl (C=O) groups is 2. The Balaban J connectivity index is 2.04. The van der Waals surface area contributed by atoms with Crippen molar-refractivity contribution in [1.29, 1.82) is 0 Å². The van der Waals surface area contributed by atoms with Crippen molar-refractivity contribution in [3.8, 4) is 0 Å². The van der Waals surface area contributed by atoms with Crippen molar-refractivity contribution in [2.75, 3.05) is 19.7 Å². The Labute approximate surface area is 142 Å². The minimum absolute atomic E-state index is 0.200. The zero-order chi connectivity index (χ0) is 18.1. The molecule has 7 heteroatoms. The molecule has 0 aliphatic carbocycles. The summed E-state index contributed by atoms with van der Waals surface area (Å²) in [6.45, 7) is 7.43. The minimum atomic E-state index is -2.33. The summed E-state index contributed by atoms with van der Waals surface area (Å²) < 4.78 is 10.3. The number of nitrogens with zero attached hydrogens (tertiary/aromatic N) is 1. The van der Waals surface area contributed by atoms with Gasteiger partial charge in [-0.3, -0.25) is 9.69 Å². The van der Waals surface area contributed by atoms with Crippen molar-refractivity contribution in [2.45, 2.75) is 70.3 Å². The summed E-state index contributed by atoms with van der Waals surface area (Å²) in [4.78, 5) is 26.1. The maximum absolute atomic E-state index is 12.5. The van der Waals surface area contributed by atoms with E-state index in [1.54, 1.807) is 0 Å². The van der Waals surface area contributed by atoms with Gasteiger partial charge in [0, 0.05) is 18.9 Å². The fraction of sp³-hybridized carbons (Fsp3) is 0.882. The summed E-state index contributed by atoms with van der Waals surface area (Å²) in [7, 11) is 0. The van der Waals surface area contributed by atoms with Crippen LogP contribution in [0.25, 0.3) is 0 Å². The summed E-state index contributed by atoms with van der Waals surface area (Å²) >= 11 is 0. The molecule has 0 amide bonds. The van der Waals surface area contributed by atoms with E-state index in [0.29, 0.717) is 6.04 Å². The normalized spacial score (nSPS) is 28.1. The van der Waals surface area contributed by atoms with Crippen LogP contribution in [0.2, 0.25) is 0 Å². The van der Waals surface area contributed by atoms with Gasteiger partial charge in [0.1, 0.15) is 11.7 Å². The first-order valence-corrected chi connectivity index (χ1v) is 8.60. The maximum atomic E-state index is 12.5. The molecule has 0 saturated carbocycles. The van der Waals surface area contributed by atoms with Crippen LogP contribution in [0.15, 0.2) is 0 Å². The van der Waals surface area contributed by atoms with Crippen LogP contribution in [0.3, 0.4) is 0 Å². The second kappa shape index (κ2) is 6.98. The lowest BCUT2D eigenvalue weighted by Gasteiger charge is -2.40. The van der Waals surface area contributed by atoms with Crippen molar-refractivity contribution in [1.82, 2.24) is 4.90 Å². The van der Waals surface area contributed by atoms with Gasteiger partial charge in [-0.15, -0.1) is 0 Å². The molecule has 2 rings (SSSR count). The molecule has 2 saturated heterocycles. The van der Waals surface area contributed by atoms with E-state index >= 15 is 0 Å². The molecular weight excluding hydrogens is 314 g/mol. The zero-order valence-electron chi connectivity index (χ0n) is 14.9. The van der Waals surface area contributed by atoms with Gasteiger partial charge in [0.15, 0.2) is 0 Å². The van der Waals surface area contributed by atoms with E-state index in [9.17, 15) is 19.8 Å². The number of aliphatic hydroxyl groups is 2. The molecule has 2 fully saturated rings. The lowest BCUT2D eigenvalue weighted by atomic mass is 9.81. The highest BCUT2D eigenvalue weighted by molar-refractivity contribution is 5.82. The summed E-state index contributed by atoms with van der Waals surface area (Å²) in [5.74, 6) is -1.36. The first-order valence-electron chi connectivity index (χ1n) is 8.60. The molecule has 7 nitrogen and oxygen atoms in total. The van der Waals surface area contributed by atoms with Gasteiger partial charge in [-0.2, -0.15) is 0 Å². The molecule has 0 aromatic rings. The molecule has 2 heterocycles. The SMILES string of the molecule is CC(=O)O[C@@H](C)[C@](O)(C(=O)OC[C@@H]1CCN2CCC[C@@H]12)C(C)(C)O. The molecule has 4 atom stereocenters. The third-order valence-electron chi connectivity index (χ3n) is 5.35. The average molecular weight is 343 g/mol. The van der Waals surface area contributed by atoms with Gasteiger partial charge in [-0.1, -0.05) is 0 Å². The van der Waals surface area contributed by atoms with Crippen LogP contribution in [0, 0.1) is 5.92 Å². The van der Waals surface area contributed by atoms with Gasteiger partial charge < -0.3 is 19.7 Å². The van der Waals surface area contributed by atoms with Crippen molar-refractivity contribution >= 4 is 11.9 Å². The van der Waals surface area contributed by atoms with E-state index < -0.39 is 29.2 Å². The smallest absolute Gasteiger partial charge is 0.345 e. The number of esters is 2. The van der Waals surface area contributed by atoms with Gasteiger partial charge in [-0.05, 0) is 53.1 Å². The van der Waals surface area contributed by atoms with Crippen LogP contribution in [-0.4, -0.2) is 70.1 Å². The third-order valence-corrected chi connectivity index (χ3v) is 5.35. The number of carbonyl (C=O) groups excluding carboxylic acids is 2.